The highest BCUT2D eigenvalue weighted by Gasteiger charge is 2.51. The summed E-state index contributed by atoms with van der Waals surface area (Å²) in [6.07, 6.45) is 0.736. The predicted octanol–water partition coefficient (Wildman–Crippen LogP) is 4.95. The Hall–Kier alpha value is -2.92. The first-order chi connectivity index (χ1) is 13.6. The van der Waals surface area contributed by atoms with Gasteiger partial charge in [-0.15, -0.1) is 11.3 Å². The van der Waals surface area contributed by atoms with Crippen LogP contribution in [0.15, 0.2) is 60.7 Å². The summed E-state index contributed by atoms with van der Waals surface area (Å²) < 4.78 is 7.38. The van der Waals surface area contributed by atoms with Gasteiger partial charge < -0.3 is 10.1 Å². The molecule has 0 saturated carbocycles. The minimum absolute atomic E-state index is 0.00334. The predicted molar refractivity (Wildman–Crippen MR) is 111 cm³/mol. The molecule has 28 heavy (non-hydrogen) atoms. The van der Waals surface area contributed by atoms with Gasteiger partial charge >= 0.3 is 0 Å². The molecule has 1 aromatic heterocycles. The number of nitrogens with one attached hydrogen (secondary N) is 1. The lowest BCUT2D eigenvalue weighted by atomic mass is 9.73. The van der Waals surface area contributed by atoms with Crippen molar-refractivity contribution in [3.05, 3.63) is 71.2 Å². The first kappa shape index (κ1) is 16.1. The van der Waals surface area contributed by atoms with Gasteiger partial charge in [0.2, 0.25) is 5.91 Å². The van der Waals surface area contributed by atoms with Crippen LogP contribution in [0.2, 0.25) is 0 Å². The van der Waals surface area contributed by atoms with Crippen LogP contribution in [0.5, 0.6) is 5.75 Å². The topological polar surface area (TPSA) is 51.2 Å². The number of nitrogens with zero attached hydrogens (tertiary/aromatic N) is 1. The number of aromatic nitrogens is 1. The summed E-state index contributed by atoms with van der Waals surface area (Å²) in [7, 11) is 0. The number of piperidine rings is 1. The van der Waals surface area contributed by atoms with Crippen molar-refractivity contribution in [2.45, 2.75) is 30.9 Å². The van der Waals surface area contributed by atoms with E-state index in [2.05, 4.69) is 29.6 Å². The van der Waals surface area contributed by atoms with Crippen LogP contribution < -0.4 is 10.1 Å². The summed E-state index contributed by atoms with van der Waals surface area (Å²) in [5, 5.41) is 6.32. The number of carbonyl (C=O) groups excluding carboxylic acids is 1. The lowest BCUT2D eigenvalue weighted by Crippen LogP contribution is -2.59. The maximum absolute atomic E-state index is 13.2. The lowest BCUT2D eigenvalue weighted by molar-refractivity contribution is -0.135. The van der Waals surface area contributed by atoms with Crippen molar-refractivity contribution < 1.29 is 9.53 Å². The van der Waals surface area contributed by atoms with Crippen molar-refractivity contribution in [2.24, 2.45) is 0 Å². The Morgan fingerprint density at radius 1 is 1.11 bits per heavy atom. The Labute approximate surface area is 166 Å². The minimum atomic E-state index is -0.676. The number of fused-ring (bicyclic) bond motifs is 7. The molecule has 1 saturated heterocycles. The van der Waals surface area contributed by atoms with E-state index in [-0.39, 0.29) is 17.7 Å². The molecular formula is C23H18N2O2S. The zero-order valence-corrected chi connectivity index (χ0v) is 16.1. The Morgan fingerprint density at radius 3 is 2.82 bits per heavy atom. The van der Waals surface area contributed by atoms with Crippen molar-refractivity contribution in [3.8, 4) is 5.75 Å². The standard InChI is InChI=1S/C23H18N2O2S/c1-23-12-15(19-14-7-3-2-6-13(14)10-11-17(19)27-23)20(21(26)25-23)22-24-16-8-4-5-9-18(16)28-22/h2-11,15,20H,12H2,1H3,(H,25,26). The maximum Gasteiger partial charge on any atom is 0.233 e. The molecular weight excluding hydrogens is 368 g/mol. The van der Waals surface area contributed by atoms with Gasteiger partial charge in [-0.25, -0.2) is 4.98 Å². The molecule has 1 amide bonds. The van der Waals surface area contributed by atoms with Crippen LogP contribution in [0.4, 0.5) is 0 Å². The van der Waals surface area contributed by atoms with Crippen molar-refractivity contribution in [1.29, 1.82) is 0 Å². The summed E-state index contributed by atoms with van der Waals surface area (Å²) in [6.45, 7) is 1.96. The van der Waals surface area contributed by atoms with Crippen LogP contribution in [0.25, 0.3) is 21.0 Å². The molecule has 2 aliphatic heterocycles. The number of thiazole rings is 1. The number of benzene rings is 3. The molecule has 2 aliphatic rings. The third kappa shape index (κ3) is 2.23. The highest BCUT2D eigenvalue weighted by molar-refractivity contribution is 7.18. The van der Waals surface area contributed by atoms with Crippen LogP contribution in [-0.4, -0.2) is 16.6 Å². The zero-order chi connectivity index (χ0) is 18.9. The number of carbonyl (C=O) groups is 1. The molecule has 138 valence electrons. The fourth-order valence-electron chi connectivity index (χ4n) is 4.74. The van der Waals surface area contributed by atoms with Gasteiger partial charge in [0.05, 0.1) is 16.1 Å². The van der Waals surface area contributed by atoms with Crippen LogP contribution in [0.3, 0.4) is 0 Å². The summed E-state index contributed by atoms with van der Waals surface area (Å²) in [5.74, 6) is 0.591. The smallest absolute Gasteiger partial charge is 0.233 e. The van der Waals surface area contributed by atoms with Gasteiger partial charge in [-0.1, -0.05) is 42.5 Å². The van der Waals surface area contributed by atoms with Gasteiger partial charge in [0.25, 0.3) is 0 Å². The second-order valence-corrected chi connectivity index (χ2v) is 8.89. The molecule has 6 rings (SSSR count). The minimum Gasteiger partial charge on any atom is -0.468 e. The largest absolute Gasteiger partial charge is 0.468 e. The van der Waals surface area contributed by atoms with Gasteiger partial charge in [-0.3, -0.25) is 4.79 Å². The highest BCUT2D eigenvalue weighted by atomic mass is 32.1. The Balaban J connectivity index is 1.59. The Kier molecular flexibility index (Phi) is 3.19. The number of hydrogen-bond acceptors (Lipinski definition) is 4. The second kappa shape index (κ2) is 5.55. The molecule has 2 bridgehead atoms. The monoisotopic (exact) mass is 386 g/mol. The molecule has 4 aromatic rings. The molecule has 1 N–H and O–H groups in total. The lowest BCUT2D eigenvalue weighted by Gasteiger charge is -2.47. The molecule has 0 radical (unpaired) electrons. The van der Waals surface area contributed by atoms with Crippen molar-refractivity contribution >= 4 is 38.2 Å². The fraction of sp³-hybridized carbons (Fsp3) is 0.217. The van der Waals surface area contributed by atoms with Crippen LogP contribution in [0, 0.1) is 0 Å². The van der Waals surface area contributed by atoms with Gasteiger partial charge in [0.15, 0.2) is 5.72 Å². The van der Waals surface area contributed by atoms with Gasteiger partial charge in [0.1, 0.15) is 10.8 Å². The molecule has 0 aliphatic carbocycles. The molecule has 5 heteroatoms. The van der Waals surface area contributed by atoms with E-state index in [1.165, 1.54) is 5.39 Å². The number of rotatable bonds is 1. The fourth-order valence-corrected chi connectivity index (χ4v) is 5.88. The quantitative estimate of drug-likeness (QED) is 0.504. The summed E-state index contributed by atoms with van der Waals surface area (Å²) >= 11 is 1.62. The third-order valence-corrected chi connectivity index (χ3v) is 7.01. The Bertz CT molecular complexity index is 1230. The van der Waals surface area contributed by atoms with E-state index < -0.39 is 5.72 Å². The zero-order valence-electron chi connectivity index (χ0n) is 15.3. The first-order valence-corrected chi connectivity index (χ1v) is 10.3. The number of hydrogen-bond donors (Lipinski definition) is 1. The SMILES string of the molecule is CC12CC(c3c(ccc4ccccc34)O1)C(c1nc3ccccc3s1)C(=O)N2. The van der Waals surface area contributed by atoms with Crippen molar-refractivity contribution in [3.63, 3.8) is 0 Å². The Morgan fingerprint density at radius 2 is 1.93 bits per heavy atom. The van der Waals surface area contributed by atoms with E-state index in [4.69, 9.17) is 9.72 Å². The second-order valence-electron chi connectivity index (χ2n) is 7.83. The average molecular weight is 386 g/mol. The summed E-state index contributed by atoms with van der Waals surface area (Å²) in [6, 6.07) is 20.5. The van der Waals surface area contributed by atoms with Gasteiger partial charge in [-0.05, 0) is 35.9 Å². The number of para-hydroxylation sites is 1. The molecule has 3 aromatic carbocycles. The molecule has 0 spiro atoms. The van der Waals surface area contributed by atoms with Crippen molar-refractivity contribution in [1.82, 2.24) is 10.3 Å². The van der Waals surface area contributed by atoms with E-state index in [1.807, 2.05) is 43.3 Å². The first-order valence-electron chi connectivity index (χ1n) is 9.49. The van der Waals surface area contributed by atoms with E-state index >= 15 is 0 Å². The average Bonchev–Trinajstić information content (AvgIpc) is 3.10. The van der Waals surface area contributed by atoms with E-state index in [9.17, 15) is 4.79 Å². The maximum atomic E-state index is 13.2. The summed E-state index contributed by atoms with van der Waals surface area (Å²) in [4.78, 5) is 18.0. The van der Waals surface area contributed by atoms with E-state index in [0.717, 1.165) is 38.3 Å². The highest BCUT2D eigenvalue weighted by Crippen LogP contribution is 2.52. The molecule has 3 heterocycles. The number of amides is 1. The molecule has 1 fully saturated rings. The van der Waals surface area contributed by atoms with Crippen LogP contribution >= 0.6 is 11.3 Å². The van der Waals surface area contributed by atoms with E-state index in [0.29, 0.717) is 0 Å². The van der Waals surface area contributed by atoms with Gasteiger partial charge in [-0.2, -0.15) is 0 Å². The normalized spacial score (nSPS) is 26.0. The molecule has 3 unspecified atom stereocenters. The van der Waals surface area contributed by atoms with Crippen molar-refractivity contribution in [2.75, 3.05) is 0 Å². The third-order valence-electron chi connectivity index (χ3n) is 5.90. The molecule has 4 nitrogen and oxygen atoms in total. The van der Waals surface area contributed by atoms with Crippen LogP contribution in [-0.2, 0) is 4.79 Å². The van der Waals surface area contributed by atoms with E-state index in [1.54, 1.807) is 11.3 Å². The van der Waals surface area contributed by atoms with Gasteiger partial charge in [0, 0.05) is 17.9 Å². The van der Waals surface area contributed by atoms with Crippen LogP contribution in [0.1, 0.15) is 35.8 Å². The summed E-state index contributed by atoms with van der Waals surface area (Å²) in [5.41, 5.74) is 1.41. The number of ether oxygens (including phenoxy) is 1. The molecule has 3 atom stereocenters.